The molecule has 80 valence electrons. The van der Waals surface area contributed by atoms with Crippen molar-refractivity contribution in [1.82, 2.24) is 4.72 Å². The van der Waals surface area contributed by atoms with Gasteiger partial charge in [-0.25, -0.2) is 13.1 Å². The van der Waals surface area contributed by atoms with E-state index in [0.717, 1.165) is 0 Å². The summed E-state index contributed by atoms with van der Waals surface area (Å²) in [6.07, 6.45) is -0.0596. The molecular weight excluding hydrogens is 190 g/mol. The first-order valence-electron chi connectivity index (χ1n) is 4.42. The molecule has 0 aromatic rings. The van der Waals surface area contributed by atoms with Gasteiger partial charge in [-0.05, 0) is 19.8 Å². The summed E-state index contributed by atoms with van der Waals surface area (Å²) in [7, 11) is -3.24. The molecule has 0 bridgehead atoms. The van der Waals surface area contributed by atoms with E-state index in [1.165, 1.54) is 0 Å². The summed E-state index contributed by atoms with van der Waals surface area (Å²) in [5.74, 6) is 0.0611. The minimum absolute atomic E-state index is 0.0596. The molecule has 5 heteroatoms. The maximum Gasteiger partial charge on any atom is 0.235 e. The van der Waals surface area contributed by atoms with Crippen LogP contribution in [0.4, 0.5) is 0 Å². The van der Waals surface area contributed by atoms with Gasteiger partial charge in [0.15, 0.2) is 5.94 Å². The highest BCUT2D eigenvalue weighted by Crippen LogP contribution is 1.94. The van der Waals surface area contributed by atoms with Gasteiger partial charge in [0, 0.05) is 6.54 Å². The van der Waals surface area contributed by atoms with Gasteiger partial charge in [0.25, 0.3) is 0 Å². The molecule has 4 nitrogen and oxygen atoms in total. The molecule has 1 N–H and O–H groups in total. The van der Waals surface area contributed by atoms with Gasteiger partial charge >= 0.3 is 0 Å². The molecule has 0 atom stereocenters. The predicted octanol–water partition coefficient (Wildman–Crippen LogP) is 0.944. The van der Waals surface area contributed by atoms with Crippen LogP contribution in [0.2, 0.25) is 0 Å². The smallest absolute Gasteiger partial charge is 0.235 e. The van der Waals surface area contributed by atoms with E-state index in [0.29, 0.717) is 12.5 Å². The van der Waals surface area contributed by atoms with Gasteiger partial charge in [-0.15, -0.1) is 0 Å². The molecule has 0 amide bonds. The van der Waals surface area contributed by atoms with Crippen LogP contribution >= 0.6 is 0 Å². The molecule has 0 aliphatic heterocycles. The number of hydrogen-bond acceptors (Lipinski definition) is 3. The molecule has 0 saturated heterocycles. The lowest BCUT2D eigenvalue weighted by Crippen LogP contribution is -2.31. The topological polar surface area (TPSA) is 55.4 Å². The largest absolute Gasteiger partial charge is 0.361 e. The molecule has 0 heterocycles. The van der Waals surface area contributed by atoms with Crippen LogP contribution in [0.25, 0.3) is 0 Å². The Labute approximate surface area is 80.7 Å². The number of rotatable bonds is 6. The molecule has 0 aliphatic carbocycles. The van der Waals surface area contributed by atoms with Crippen LogP contribution in [-0.4, -0.2) is 27.0 Å². The summed E-state index contributed by atoms with van der Waals surface area (Å²) in [4.78, 5) is 0. The minimum atomic E-state index is -3.24. The zero-order valence-corrected chi connectivity index (χ0v) is 9.52. The normalized spacial score (nSPS) is 12.8. The van der Waals surface area contributed by atoms with Crippen molar-refractivity contribution in [2.24, 2.45) is 5.92 Å². The van der Waals surface area contributed by atoms with Gasteiger partial charge < -0.3 is 4.74 Å². The summed E-state index contributed by atoms with van der Waals surface area (Å²) >= 11 is 0. The van der Waals surface area contributed by atoms with Crippen molar-refractivity contribution in [3.05, 3.63) is 0 Å². The average molecular weight is 209 g/mol. The zero-order chi connectivity index (χ0) is 10.5. The van der Waals surface area contributed by atoms with E-state index >= 15 is 0 Å². The molecule has 0 unspecified atom stereocenters. The van der Waals surface area contributed by atoms with Crippen LogP contribution < -0.4 is 4.72 Å². The fraction of sp³-hybridized carbons (Fsp3) is 1.00. The predicted molar refractivity (Wildman–Crippen MR) is 52.8 cm³/mol. The van der Waals surface area contributed by atoms with Gasteiger partial charge in [0.1, 0.15) is 0 Å². The van der Waals surface area contributed by atoms with E-state index in [1.807, 2.05) is 13.8 Å². The van der Waals surface area contributed by atoms with Gasteiger partial charge in [0.2, 0.25) is 10.0 Å². The highest BCUT2D eigenvalue weighted by molar-refractivity contribution is 7.89. The summed E-state index contributed by atoms with van der Waals surface area (Å²) in [6.45, 7) is 7.97. The Morgan fingerprint density at radius 3 is 2.15 bits per heavy atom. The fourth-order valence-corrected chi connectivity index (χ4v) is 1.68. The molecular formula is C8H19NO3S. The zero-order valence-electron chi connectivity index (χ0n) is 8.70. The number of hydrogen-bond donors (Lipinski definition) is 1. The molecule has 0 rings (SSSR count). The van der Waals surface area contributed by atoms with Gasteiger partial charge in [-0.2, -0.15) is 0 Å². The second kappa shape index (κ2) is 5.57. The third-order valence-corrected chi connectivity index (χ3v) is 2.32. The monoisotopic (exact) mass is 209 g/mol. The van der Waals surface area contributed by atoms with E-state index < -0.39 is 10.0 Å². The third kappa shape index (κ3) is 8.21. The Balaban J connectivity index is 3.81. The number of nitrogens with one attached hydrogen (secondary N) is 1. The van der Waals surface area contributed by atoms with Crippen LogP contribution in [0, 0.1) is 5.92 Å². The lowest BCUT2D eigenvalue weighted by molar-refractivity contribution is 0.115. The van der Waals surface area contributed by atoms with E-state index in [-0.39, 0.29) is 12.0 Å². The standard InChI is InChI=1S/C8H19NO3S/c1-7(2)5-9-13(10,11)6-12-8(3)4/h7-9H,5-6H2,1-4H3. The van der Waals surface area contributed by atoms with Crippen molar-refractivity contribution in [2.75, 3.05) is 12.5 Å². The van der Waals surface area contributed by atoms with Crippen molar-refractivity contribution < 1.29 is 13.2 Å². The highest BCUT2D eigenvalue weighted by Gasteiger charge is 2.11. The Morgan fingerprint density at radius 2 is 1.77 bits per heavy atom. The Morgan fingerprint density at radius 1 is 1.23 bits per heavy atom. The van der Waals surface area contributed by atoms with Crippen molar-refractivity contribution in [3.8, 4) is 0 Å². The second-order valence-electron chi connectivity index (χ2n) is 3.69. The molecule has 13 heavy (non-hydrogen) atoms. The van der Waals surface area contributed by atoms with Gasteiger partial charge in [-0.1, -0.05) is 13.8 Å². The van der Waals surface area contributed by atoms with Crippen LogP contribution in [-0.2, 0) is 14.8 Å². The van der Waals surface area contributed by atoms with Crippen LogP contribution in [0.15, 0.2) is 0 Å². The first-order valence-corrected chi connectivity index (χ1v) is 6.07. The first-order chi connectivity index (χ1) is 5.83. The summed E-state index contributed by atoms with van der Waals surface area (Å²) in [5, 5.41) is 0. The van der Waals surface area contributed by atoms with Crippen LogP contribution in [0.3, 0.4) is 0 Å². The lowest BCUT2D eigenvalue weighted by Gasteiger charge is -2.10. The Bertz CT molecular complexity index is 204. The number of ether oxygens (including phenoxy) is 1. The SMILES string of the molecule is CC(C)CNS(=O)(=O)COC(C)C. The van der Waals surface area contributed by atoms with Crippen molar-refractivity contribution in [3.63, 3.8) is 0 Å². The molecule has 0 fully saturated rings. The van der Waals surface area contributed by atoms with E-state index in [1.54, 1.807) is 13.8 Å². The molecule has 0 radical (unpaired) electrons. The number of sulfonamides is 1. The van der Waals surface area contributed by atoms with Crippen molar-refractivity contribution in [1.29, 1.82) is 0 Å². The molecule has 0 aromatic carbocycles. The highest BCUT2D eigenvalue weighted by atomic mass is 32.2. The summed E-state index contributed by atoms with van der Waals surface area (Å²) in [6, 6.07) is 0. The van der Waals surface area contributed by atoms with Crippen LogP contribution in [0.1, 0.15) is 27.7 Å². The van der Waals surface area contributed by atoms with E-state index in [4.69, 9.17) is 4.74 Å². The average Bonchev–Trinajstić information content (AvgIpc) is 1.98. The third-order valence-electron chi connectivity index (χ3n) is 1.27. The lowest BCUT2D eigenvalue weighted by atomic mass is 10.2. The molecule has 0 aromatic heterocycles. The summed E-state index contributed by atoms with van der Waals surface area (Å²) in [5.41, 5.74) is 0. The van der Waals surface area contributed by atoms with Gasteiger partial charge in [0.05, 0.1) is 6.10 Å². The Kier molecular flexibility index (Phi) is 5.51. The molecule has 0 saturated carbocycles. The van der Waals surface area contributed by atoms with Crippen LogP contribution in [0.5, 0.6) is 0 Å². The molecule has 0 spiro atoms. The fourth-order valence-electron chi connectivity index (χ4n) is 0.561. The minimum Gasteiger partial charge on any atom is -0.361 e. The van der Waals surface area contributed by atoms with E-state index in [9.17, 15) is 8.42 Å². The summed E-state index contributed by atoms with van der Waals surface area (Å²) < 4.78 is 29.9. The van der Waals surface area contributed by atoms with Crippen molar-refractivity contribution >= 4 is 10.0 Å². The first kappa shape index (κ1) is 12.9. The van der Waals surface area contributed by atoms with Crippen molar-refractivity contribution in [2.45, 2.75) is 33.8 Å². The van der Waals surface area contributed by atoms with Gasteiger partial charge in [-0.3, -0.25) is 0 Å². The maximum absolute atomic E-state index is 11.2. The van der Waals surface area contributed by atoms with E-state index in [2.05, 4.69) is 4.72 Å². The second-order valence-corrected chi connectivity index (χ2v) is 5.44. The Hall–Kier alpha value is -0.130. The molecule has 0 aliphatic rings. The maximum atomic E-state index is 11.2. The quantitative estimate of drug-likeness (QED) is 0.708.